The normalized spacial score (nSPS) is 12.4. The molecule has 3 nitrogen and oxygen atoms in total. The van der Waals surface area contributed by atoms with Gasteiger partial charge in [-0.25, -0.2) is 0 Å². The van der Waals surface area contributed by atoms with E-state index in [0.29, 0.717) is 0 Å². The second kappa shape index (κ2) is 5.74. The first-order valence-electron chi connectivity index (χ1n) is 6.18. The number of furan rings is 1. The smallest absolute Gasteiger partial charge is 0.125 e. The van der Waals surface area contributed by atoms with Gasteiger partial charge in [-0.1, -0.05) is 19.1 Å². The average molecular weight is 245 g/mol. The Morgan fingerprint density at radius 3 is 2.72 bits per heavy atom. The monoisotopic (exact) mass is 245 g/mol. The van der Waals surface area contributed by atoms with E-state index in [-0.39, 0.29) is 6.04 Å². The van der Waals surface area contributed by atoms with Gasteiger partial charge in [0.1, 0.15) is 17.3 Å². The number of hydrogen-bond donors (Lipinski definition) is 1. The molecule has 0 radical (unpaired) electrons. The highest BCUT2D eigenvalue weighted by molar-refractivity contribution is 5.34. The molecule has 0 aliphatic rings. The van der Waals surface area contributed by atoms with Crippen LogP contribution in [0.15, 0.2) is 40.8 Å². The van der Waals surface area contributed by atoms with Crippen LogP contribution in [0.5, 0.6) is 5.75 Å². The molecule has 0 amide bonds. The van der Waals surface area contributed by atoms with Crippen molar-refractivity contribution in [3.63, 3.8) is 0 Å². The number of hydrogen-bond acceptors (Lipinski definition) is 3. The molecule has 1 unspecified atom stereocenters. The lowest BCUT2D eigenvalue weighted by atomic mass is 10.0. The number of methoxy groups -OCH3 is 1. The summed E-state index contributed by atoms with van der Waals surface area (Å²) in [6.45, 7) is 4.92. The summed E-state index contributed by atoms with van der Waals surface area (Å²) in [5.74, 6) is 2.72. The average Bonchev–Trinajstić information content (AvgIpc) is 2.82. The largest absolute Gasteiger partial charge is 0.497 e. The van der Waals surface area contributed by atoms with Crippen LogP contribution in [0.3, 0.4) is 0 Å². The Morgan fingerprint density at radius 2 is 2.11 bits per heavy atom. The highest BCUT2D eigenvalue weighted by Crippen LogP contribution is 2.26. The summed E-state index contributed by atoms with van der Waals surface area (Å²) in [7, 11) is 1.68. The molecule has 0 aliphatic carbocycles. The van der Waals surface area contributed by atoms with Crippen LogP contribution in [0.4, 0.5) is 0 Å². The molecule has 0 saturated heterocycles. The number of nitrogens with one attached hydrogen (secondary N) is 1. The number of aryl methyl sites for hydroxylation is 1. The first-order chi connectivity index (χ1) is 8.74. The molecule has 0 fully saturated rings. The van der Waals surface area contributed by atoms with Crippen molar-refractivity contribution in [3.8, 4) is 5.75 Å². The SMILES string of the molecule is CCNC(c1cccc(OC)c1)c1ccc(C)o1. The third kappa shape index (κ3) is 2.74. The van der Waals surface area contributed by atoms with Gasteiger partial charge < -0.3 is 14.5 Å². The zero-order chi connectivity index (χ0) is 13.0. The molecule has 2 aromatic rings. The molecule has 18 heavy (non-hydrogen) atoms. The standard InChI is InChI=1S/C15H19NO2/c1-4-16-15(14-9-8-11(2)18-14)12-6-5-7-13(10-12)17-3/h5-10,15-16H,4H2,1-3H3. The molecule has 2 rings (SSSR count). The van der Waals surface area contributed by atoms with E-state index in [1.54, 1.807) is 7.11 Å². The van der Waals surface area contributed by atoms with E-state index in [1.807, 2.05) is 37.3 Å². The molecule has 1 heterocycles. The maximum atomic E-state index is 5.72. The summed E-state index contributed by atoms with van der Waals surface area (Å²) in [5, 5.41) is 3.43. The summed E-state index contributed by atoms with van der Waals surface area (Å²) in [4.78, 5) is 0. The van der Waals surface area contributed by atoms with Gasteiger partial charge in [0.15, 0.2) is 0 Å². The third-order valence-electron chi connectivity index (χ3n) is 2.88. The Hall–Kier alpha value is -1.74. The fourth-order valence-corrected chi connectivity index (χ4v) is 2.02. The topological polar surface area (TPSA) is 34.4 Å². The molecule has 1 aromatic heterocycles. The predicted octanol–water partition coefficient (Wildman–Crippen LogP) is 3.30. The zero-order valence-corrected chi connectivity index (χ0v) is 11.1. The van der Waals surface area contributed by atoms with Gasteiger partial charge >= 0.3 is 0 Å². The van der Waals surface area contributed by atoms with Crippen LogP contribution in [-0.2, 0) is 0 Å². The minimum absolute atomic E-state index is 0.0683. The molecule has 0 bridgehead atoms. The van der Waals surface area contributed by atoms with Crippen molar-refractivity contribution in [1.29, 1.82) is 0 Å². The van der Waals surface area contributed by atoms with Crippen molar-refractivity contribution in [3.05, 3.63) is 53.5 Å². The first kappa shape index (κ1) is 12.7. The van der Waals surface area contributed by atoms with Crippen LogP contribution in [0, 0.1) is 6.92 Å². The Labute approximate surface area is 108 Å². The Kier molecular flexibility index (Phi) is 4.05. The van der Waals surface area contributed by atoms with Gasteiger partial charge in [0.2, 0.25) is 0 Å². The summed E-state index contributed by atoms with van der Waals surface area (Å²) in [6, 6.07) is 12.1. The van der Waals surface area contributed by atoms with Crippen LogP contribution in [0.1, 0.15) is 30.0 Å². The second-order valence-corrected chi connectivity index (χ2v) is 4.22. The quantitative estimate of drug-likeness (QED) is 0.877. The minimum Gasteiger partial charge on any atom is -0.497 e. The predicted molar refractivity (Wildman–Crippen MR) is 72.0 cm³/mol. The highest BCUT2D eigenvalue weighted by atomic mass is 16.5. The molecule has 0 spiro atoms. The maximum Gasteiger partial charge on any atom is 0.125 e. The Balaban J connectivity index is 2.34. The van der Waals surface area contributed by atoms with Gasteiger partial charge in [0.05, 0.1) is 13.2 Å². The fourth-order valence-electron chi connectivity index (χ4n) is 2.02. The van der Waals surface area contributed by atoms with E-state index < -0.39 is 0 Å². The van der Waals surface area contributed by atoms with Gasteiger partial charge in [-0.2, -0.15) is 0 Å². The minimum atomic E-state index is 0.0683. The van der Waals surface area contributed by atoms with Crippen molar-refractivity contribution >= 4 is 0 Å². The van der Waals surface area contributed by atoms with Crippen molar-refractivity contribution in [2.45, 2.75) is 19.9 Å². The van der Waals surface area contributed by atoms with Crippen molar-refractivity contribution in [1.82, 2.24) is 5.32 Å². The van der Waals surface area contributed by atoms with E-state index in [2.05, 4.69) is 18.3 Å². The van der Waals surface area contributed by atoms with Crippen molar-refractivity contribution in [2.24, 2.45) is 0 Å². The molecule has 1 N–H and O–H groups in total. The Bertz CT molecular complexity index is 505. The van der Waals surface area contributed by atoms with Crippen LogP contribution in [0.25, 0.3) is 0 Å². The van der Waals surface area contributed by atoms with E-state index >= 15 is 0 Å². The summed E-state index contributed by atoms with van der Waals surface area (Å²) < 4.78 is 11.0. The molecule has 96 valence electrons. The number of benzene rings is 1. The molecular weight excluding hydrogens is 226 g/mol. The van der Waals surface area contributed by atoms with Crippen molar-refractivity contribution < 1.29 is 9.15 Å². The van der Waals surface area contributed by atoms with E-state index in [4.69, 9.17) is 9.15 Å². The van der Waals surface area contributed by atoms with E-state index in [1.165, 1.54) is 0 Å². The van der Waals surface area contributed by atoms with Crippen LogP contribution >= 0.6 is 0 Å². The Morgan fingerprint density at radius 1 is 1.28 bits per heavy atom. The third-order valence-corrected chi connectivity index (χ3v) is 2.88. The summed E-state index contributed by atoms with van der Waals surface area (Å²) >= 11 is 0. The van der Waals surface area contributed by atoms with Gasteiger partial charge in [-0.05, 0) is 43.3 Å². The van der Waals surface area contributed by atoms with Crippen molar-refractivity contribution in [2.75, 3.05) is 13.7 Å². The zero-order valence-electron chi connectivity index (χ0n) is 11.1. The molecule has 1 atom stereocenters. The number of rotatable bonds is 5. The van der Waals surface area contributed by atoms with Crippen LogP contribution in [0.2, 0.25) is 0 Å². The first-order valence-corrected chi connectivity index (χ1v) is 6.18. The molecule has 0 saturated carbocycles. The second-order valence-electron chi connectivity index (χ2n) is 4.22. The molecule has 3 heteroatoms. The van der Waals surface area contributed by atoms with E-state index in [0.717, 1.165) is 29.4 Å². The van der Waals surface area contributed by atoms with E-state index in [9.17, 15) is 0 Å². The van der Waals surface area contributed by atoms with Gasteiger partial charge in [0.25, 0.3) is 0 Å². The highest BCUT2D eigenvalue weighted by Gasteiger charge is 2.16. The van der Waals surface area contributed by atoms with Gasteiger partial charge in [-0.3, -0.25) is 0 Å². The fraction of sp³-hybridized carbons (Fsp3) is 0.333. The molecular formula is C15H19NO2. The lowest BCUT2D eigenvalue weighted by Crippen LogP contribution is -2.21. The molecule has 0 aliphatic heterocycles. The number of ether oxygens (including phenoxy) is 1. The van der Waals surface area contributed by atoms with Crippen LogP contribution in [-0.4, -0.2) is 13.7 Å². The van der Waals surface area contributed by atoms with Gasteiger partial charge in [0, 0.05) is 0 Å². The summed E-state index contributed by atoms with van der Waals surface area (Å²) in [6.07, 6.45) is 0. The lowest BCUT2D eigenvalue weighted by molar-refractivity contribution is 0.410. The maximum absolute atomic E-state index is 5.72. The molecule has 1 aromatic carbocycles. The van der Waals surface area contributed by atoms with Crippen LogP contribution < -0.4 is 10.1 Å². The van der Waals surface area contributed by atoms with Gasteiger partial charge in [-0.15, -0.1) is 0 Å². The lowest BCUT2D eigenvalue weighted by Gasteiger charge is -2.16. The summed E-state index contributed by atoms with van der Waals surface area (Å²) in [5.41, 5.74) is 1.14.